The zero-order valence-corrected chi connectivity index (χ0v) is 5.04. The summed E-state index contributed by atoms with van der Waals surface area (Å²) in [5.41, 5.74) is 0. The number of nitrogens with zero attached hydrogens (tertiary/aromatic N) is 1. The highest BCUT2D eigenvalue weighted by Crippen LogP contribution is 1.74. The van der Waals surface area contributed by atoms with Gasteiger partial charge in [0.25, 0.3) is 0 Å². The van der Waals surface area contributed by atoms with Crippen LogP contribution in [0.15, 0.2) is 24.6 Å². The number of hydrogen-bond donors (Lipinski definition) is 1. The van der Waals surface area contributed by atoms with Crippen LogP contribution in [0.1, 0.15) is 0 Å². The van der Waals surface area contributed by atoms with E-state index in [1.54, 1.807) is 6.07 Å². The Kier molecular flexibility index (Phi) is 4.61. The Balaban J connectivity index is 3.47. The largest absolute Gasteiger partial charge is 0.367 e. The van der Waals surface area contributed by atoms with Crippen molar-refractivity contribution in [3.63, 3.8) is 0 Å². The van der Waals surface area contributed by atoms with Gasteiger partial charge in [0, 0.05) is 24.6 Å². The van der Waals surface area contributed by atoms with E-state index in [0.29, 0.717) is 6.08 Å². The van der Waals surface area contributed by atoms with Gasteiger partial charge in [-0.1, -0.05) is 0 Å². The molecular formula is C6H5FN2O. The Labute approximate surface area is 57.5 Å². The van der Waals surface area contributed by atoms with Crippen molar-refractivity contribution in [1.29, 1.82) is 5.26 Å². The van der Waals surface area contributed by atoms with E-state index in [1.807, 2.05) is 0 Å². The van der Waals surface area contributed by atoms with E-state index in [2.05, 4.69) is 5.32 Å². The molecule has 0 heterocycles. The van der Waals surface area contributed by atoms with Crippen LogP contribution >= 0.6 is 0 Å². The standard InChI is InChI=1S/C6H5FN2O/c7-6(10)2-5-9-4-1-3-8/h1-2,4-5,9H. The second kappa shape index (κ2) is 5.51. The van der Waals surface area contributed by atoms with E-state index in [-0.39, 0.29) is 0 Å². The van der Waals surface area contributed by atoms with Crippen molar-refractivity contribution < 1.29 is 9.18 Å². The number of carbonyl (C=O) groups excluding carboxylic acids is 1. The third-order valence-electron chi connectivity index (χ3n) is 0.565. The summed E-state index contributed by atoms with van der Waals surface area (Å²) < 4.78 is 11.4. The minimum Gasteiger partial charge on any atom is -0.367 e. The molecular weight excluding hydrogens is 135 g/mol. The molecule has 0 spiro atoms. The monoisotopic (exact) mass is 140 g/mol. The fraction of sp³-hybridized carbons (Fsp3) is 0. The summed E-state index contributed by atoms with van der Waals surface area (Å²) >= 11 is 0. The number of allylic oxidation sites excluding steroid dienone is 2. The average Bonchev–Trinajstić information content (AvgIpc) is 1.87. The molecule has 0 fully saturated rings. The van der Waals surface area contributed by atoms with Crippen LogP contribution in [0.4, 0.5) is 4.39 Å². The van der Waals surface area contributed by atoms with Gasteiger partial charge in [0.2, 0.25) is 0 Å². The number of nitrogens with one attached hydrogen (secondary N) is 1. The lowest BCUT2D eigenvalue weighted by Gasteiger charge is -1.81. The van der Waals surface area contributed by atoms with Crippen LogP contribution < -0.4 is 5.32 Å². The third kappa shape index (κ3) is 6.37. The van der Waals surface area contributed by atoms with Crippen molar-refractivity contribution in [3.05, 3.63) is 24.6 Å². The molecule has 0 unspecified atom stereocenters. The van der Waals surface area contributed by atoms with Crippen molar-refractivity contribution in [1.82, 2.24) is 5.32 Å². The van der Waals surface area contributed by atoms with Gasteiger partial charge in [-0.25, -0.2) is 0 Å². The molecule has 0 radical (unpaired) electrons. The van der Waals surface area contributed by atoms with Gasteiger partial charge in [-0.05, 0) is 0 Å². The van der Waals surface area contributed by atoms with Crippen molar-refractivity contribution >= 4 is 6.04 Å². The first-order valence-electron chi connectivity index (χ1n) is 2.44. The van der Waals surface area contributed by atoms with Crippen molar-refractivity contribution in [2.24, 2.45) is 0 Å². The summed E-state index contributed by atoms with van der Waals surface area (Å²) in [5, 5.41) is 10.3. The first kappa shape index (κ1) is 8.37. The summed E-state index contributed by atoms with van der Waals surface area (Å²) in [6.45, 7) is 0. The van der Waals surface area contributed by atoms with Crippen molar-refractivity contribution in [3.8, 4) is 6.07 Å². The highest BCUT2D eigenvalue weighted by molar-refractivity contribution is 5.80. The summed E-state index contributed by atoms with van der Waals surface area (Å²) in [7, 11) is 0. The van der Waals surface area contributed by atoms with Crippen LogP contribution in [-0.4, -0.2) is 6.04 Å². The van der Waals surface area contributed by atoms with E-state index in [0.717, 1.165) is 12.3 Å². The van der Waals surface area contributed by atoms with Crippen LogP contribution in [0, 0.1) is 11.3 Å². The quantitative estimate of drug-likeness (QED) is 0.355. The molecule has 0 aromatic heterocycles. The molecule has 52 valence electrons. The van der Waals surface area contributed by atoms with E-state index in [9.17, 15) is 9.18 Å². The second-order valence-corrected chi connectivity index (χ2v) is 1.27. The smallest absolute Gasteiger partial charge is 0.326 e. The topological polar surface area (TPSA) is 52.9 Å². The van der Waals surface area contributed by atoms with Crippen molar-refractivity contribution in [2.75, 3.05) is 0 Å². The summed E-state index contributed by atoms with van der Waals surface area (Å²) in [5.74, 6) is 0. The lowest BCUT2D eigenvalue weighted by molar-refractivity contribution is -0.124. The van der Waals surface area contributed by atoms with Crippen LogP contribution in [0.2, 0.25) is 0 Å². The number of nitriles is 1. The molecule has 0 atom stereocenters. The lowest BCUT2D eigenvalue weighted by atomic mass is 10.6. The van der Waals surface area contributed by atoms with Gasteiger partial charge < -0.3 is 5.32 Å². The Morgan fingerprint density at radius 1 is 1.60 bits per heavy atom. The van der Waals surface area contributed by atoms with Gasteiger partial charge in [0.05, 0.1) is 6.07 Å². The molecule has 0 aliphatic rings. The molecule has 4 heteroatoms. The van der Waals surface area contributed by atoms with Crippen LogP contribution in [-0.2, 0) is 4.79 Å². The van der Waals surface area contributed by atoms with E-state index in [4.69, 9.17) is 5.26 Å². The zero-order valence-electron chi connectivity index (χ0n) is 5.04. The average molecular weight is 140 g/mol. The molecule has 0 aliphatic carbocycles. The molecule has 0 amide bonds. The Morgan fingerprint density at radius 2 is 2.30 bits per heavy atom. The first-order valence-corrected chi connectivity index (χ1v) is 2.44. The number of halogens is 1. The second-order valence-electron chi connectivity index (χ2n) is 1.27. The molecule has 10 heavy (non-hydrogen) atoms. The van der Waals surface area contributed by atoms with Gasteiger partial charge in [-0.2, -0.15) is 9.65 Å². The molecule has 0 saturated heterocycles. The van der Waals surface area contributed by atoms with Gasteiger partial charge >= 0.3 is 6.04 Å². The van der Waals surface area contributed by atoms with Gasteiger partial charge in [-0.15, -0.1) is 0 Å². The molecule has 0 bridgehead atoms. The predicted octanol–water partition coefficient (Wildman–Crippen LogP) is 0.623. The molecule has 1 N–H and O–H groups in total. The molecule has 0 rings (SSSR count). The highest BCUT2D eigenvalue weighted by atomic mass is 19.1. The summed E-state index contributed by atoms with van der Waals surface area (Å²) in [4.78, 5) is 9.59. The van der Waals surface area contributed by atoms with Gasteiger partial charge in [0.1, 0.15) is 0 Å². The molecule has 0 saturated carbocycles. The SMILES string of the molecule is N#CC=CNC=CC(=O)F. The molecule has 0 aromatic carbocycles. The van der Waals surface area contributed by atoms with Crippen LogP contribution in [0.3, 0.4) is 0 Å². The summed E-state index contributed by atoms with van der Waals surface area (Å²) in [6, 6.07) is 0.170. The molecule has 0 aliphatic heterocycles. The number of carbonyl (C=O) groups is 1. The van der Waals surface area contributed by atoms with E-state index < -0.39 is 6.04 Å². The minimum absolute atomic E-state index is 0.710. The Bertz CT molecular complexity index is 202. The zero-order chi connectivity index (χ0) is 7.82. The first-order chi connectivity index (χ1) is 4.77. The molecule has 3 nitrogen and oxygen atoms in total. The lowest BCUT2D eigenvalue weighted by Crippen LogP contribution is -1.92. The maximum absolute atomic E-state index is 11.4. The van der Waals surface area contributed by atoms with Crippen LogP contribution in [0.5, 0.6) is 0 Å². The summed E-state index contributed by atoms with van der Waals surface area (Å²) in [6.07, 6.45) is 4.24. The number of hydrogen-bond acceptors (Lipinski definition) is 3. The van der Waals surface area contributed by atoms with Gasteiger partial charge in [0.15, 0.2) is 0 Å². The Morgan fingerprint density at radius 3 is 2.80 bits per heavy atom. The highest BCUT2D eigenvalue weighted by Gasteiger charge is 1.82. The molecule has 0 aromatic rings. The maximum atomic E-state index is 11.4. The maximum Gasteiger partial charge on any atom is 0.326 e. The fourth-order valence-corrected chi connectivity index (χ4v) is 0.255. The van der Waals surface area contributed by atoms with E-state index >= 15 is 0 Å². The predicted molar refractivity (Wildman–Crippen MR) is 33.1 cm³/mol. The number of rotatable bonds is 3. The van der Waals surface area contributed by atoms with E-state index in [1.165, 1.54) is 6.20 Å². The van der Waals surface area contributed by atoms with Gasteiger partial charge in [-0.3, -0.25) is 4.79 Å². The fourth-order valence-electron chi connectivity index (χ4n) is 0.255. The third-order valence-corrected chi connectivity index (χ3v) is 0.565. The minimum atomic E-state index is -1.53. The normalized spacial score (nSPS) is 10.0. The van der Waals surface area contributed by atoms with Crippen molar-refractivity contribution in [2.45, 2.75) is 0 Å². The Hall–Kier alpha value is -1.63. The van der Waals surface area contributed by atoms with Crippen LogP contribution in [0.25, 0.3) is 0 Å².